The van der Waals surface area contributed by atoms with Crippen LogP contribution in [0.5, 0.6) is 0 Å². The van der Waals surface area contributed by atoms with E-state index >= 15 is 0 Å². The van der Waals surface area contributed by atoms with Crippen LogP contribution in [0.1, 0.15) is 5.56 Å². The Labute approximate surface area is 78.1 Å². The lowest BCUT2D eigenvalue weighted by atomic mass is 10.2. The van der Waals surface area contributed by atoms with Gasteiger partial charge in [-0.25, -0.2) is 0 Å². The Kier molecular flexibility index (Phi) is 1.64. The van der Waals surface area contributed by atoms with E-state index in [4.69, 9.17) is 4.74 Å². The van der Waals surface area contributed by atoms with Gasteiger partial charge in [0.05, 0.1) is 25.3 Å². The number of hydrogen-bond acceptors (Lipinski definition) is 2. The normalized spacial score (nSPS) is 35.8. The van der Waals surface area contributed by atoms with E-state index in [1.54, 1.807) is 0 Å². The average Bonchev–Trinajstić information content (AvgIpc) is 2.65. The van der Waals surface area contributed by atoms with E-state index in [0.717, 1.165) is 31.8 Å². The van der Waals surface area contributed by atoms with Gasteiger partial charge in [-0.2, -0.15) is 0 Å². The zero-order chi connectivity index (χ0) is 8.67. The number of rotatable bonds is 2. The van der Waals surface area contributed by atoms with Crippen LogP contribution in [-0.4, -0.2) is 30.2 Å². The highest BCUT2D eigenvalue weighted by Crippen LogP contribution is 2.35. The molecule has 0 radical (unpaired) electrons. The molecule has 0 bridgehead atoms. The minimum atomic E-state index is 0.722. The smallest absolute Gasteiger partial charge is 0.0639 e. The van der Waals surface area contributed by atoms with Gasteiger partial charge in [-0.15, -0.1) is 0 Å². The second kappa shape index (κ2) is 2.82. The van der Waals surface area contributed by atoms with Gasteiger partial charge in [-0.3, -0.25) is 4.90 Å². The summed E-state index contributed by atoms with van der Waals surface area (Å²) in [6.07, 6.45) is 0. The van der Waals surface area contributed by atoms with Crippen molar-refractivity contribution in [2.75, 3.05) is 13.2 Å². The van der Waals surface area contributed by atoms with Gasteiger partial charge < -0.3 is 4.74 Å². The van der Waals surface area contributed by atoms with Crippen molar-refractivity contribution in [1.29, 1.82) is 0 Å². The second-order valence-corrected chi connectivity index (χ2v) is 3.83. The third kappa shape index (κ3) is 1.26. The van der Waals surface area contributed by atoms with Crippen LogP contribution < -0.4 is 0 Å². The fourth-order valence-corrected chi connectivity index (χ4v) is 2.14. The maximum atomic E-state index is 5.33. The van der Waals surface area contributed by atoms with Crippen LogP contribution in [0.4, 0.5) is 0 Å². The molecule has 1 aromatic carbocycles. The summed E-state index contributed by atoms with van der Waals surface area (Å²) in [4.78, 5) is 2.51. The van der Waals surface area contributed by atoms with Gasteiger partial charge in [0.1, 0.15) is 0 Å². The van der Waals surface area contributed by atoms with E-state index in [2.05, 4.69) is 35.2 Å². The fourth-order valence-electron chi connectivity index (χ4n) is 2.14. The summed E-state index contributed by atoms with van der Waals surface area (Å²) in [7, 11) is 0. The van der Waals surface area contributed by atoms with Gasteiger partial charge in [0.25, 0.3) is 0 Å². The molecule has 2 atom stereocenters. The van der Waals surface area contributed by atoms with E-state index in [1.807, 2.05) is 0 Å². The van der Waals surface area contributed by atoms with Crippen molar-refractivity contribution >= 4 is 0 Å². The number of ether oxygens (including phenoxy) is 1. The lowest BCUT2D eigenvalue weighted by Crippen LogP contribution is -2.11. The minimum Gasteiger partial charge on any atom is -0.378 e. The SMILES string of the molecule is c1ccc(CN2C3COCC32)cc1. The molecule has 0 saturated carbocycles. The summed E-state index contributed by atoms with van der Waals surface area (Å²) in [5, 5.41) is 0. The molecule has 3 rings (SSSR count). The van der Waals surface area contributed by atoms with E-state index in [1.165, 1.54) is 5.56 Å². The van der Waals surface area contributed by atoms with E-state index in [9.17, 15) is 0 Å². The van der Waals surface area contributed by atoms with Crippen molar-refractivity contribution in [2.45, 2.75) is 18.6 Å². The number of fused-ring (bicyclic) bond motifs is 1. The molecular formula is C11H13NO. The third-order valence-corrected chi connectivity index (χ3v) is 2.99. The Hall–Kier alpha value is -0.860. The topological polar surface area (TPSA) is 12.2 Å². The summed E-state index contributed by atoms with van der Waals surface area (Å²) < 4.78 is 5.33. The van der Waals surface area contributed by atoms with Crippen LogP contribution in [0.3, 0.4) is 0 Å². The number of nitrogens with zero attached hydrogens (tertiary/aromatic N) is 1. The van der Waals surface area contributed by atoms with Gasteiger partial charge in [0.15, 0.2) is 0 Å². The lowest BCUT2D eigenvalue weighted by Gasteiger charge is -2.07. The summed E-state index contributed by atoms with van der Waals surface area (Å²) in [6, 6.07) is 12.1. The standard InChI is InChI=1S/C11H13NO/c1-2-4-9(5-3-1)6-12-10-7-13-8-11(10)12/h1-5,10-11H,6-8H2. The molecule has 2 heterocycles. The molecule has 13 heavy (non-hydrogen) atoms. The van der Waals surface area contributed by atoms with Gasteiger partial charge in [0.2, 0.25) is 0 Å². The maximum Gasteiger partial charge on any atom is 0.0639 e. The summed E-state index contributed by atoms with van der Waals surface area (Å²) in [5.41, 5.74) is 1.41. The van der Waals surface area contributed by atoms with Crippen molar-refractivity contribution in [3.8, 4) is 0 Å². The van der Waals surface area contributed by atoms with Crippen molar-refractivity contribution in [3.05, 3.63) is 35.9 Å². The highest BCUT2D eigenvalue weighted by Gasteiger charge is 2.51. The highest BCUT2D eigenvalue weighted by atomic mass is 16.5. The van der Waals surface area contributed by atoms with E-state index < -0.39 is 0 Å². The highest BCUT2D eigenvalue weighted by molar-refractivity contribution is 5.18. The summed E-state index contributed by atoms with van der Waals surface area (Å²) in [6.45, 7) is 2.98. The number of morpholine rings is 1. The molecule has 0 aromatic heterocycles. The molecule has 2 aliphatic rings. The Balaban J connectivity index is 1.66. The largest absolute Gasteiger partial charge is 0.378 e. The molecule has 2 aliphatic heterocycles. The van der Waals surface area contributed by atoms with Crippen LogP contribution in [-0.2, 0) is 11.3 Å². The zero-order valence-corrected chi connectivity index (χ0v) is 7.52. The Morgan fingerprint density at radius 2 is 1.85 bits per heavy atom. The van der Waals surface area contributed by atoms with Crippen molar-refractivity contribution in [1.82, 2.24) is 4.90 Å². The molecule has 2 unspecified atom stereocenters. The first-order chi connectivity index (χ1) is 6.45. The molecule has 2 fully saturated rings. The van der Waals surface area contributed by atoms with Crippen LogP contribution in [0, 0.1) is 0 Å². The molecule has 1 aromatic rings. The molecule has 2 saturated heterocycles. The van der Waals surface area contributed by atoms with E-state index in [-0.39, 0.29) is 0 Å². The summed E-state index contributed by atoms with van der Waals surface area (Å²) >= 11 is 0. The molecule has 2 nitrogen and oxygen atoms in total. The second-order valence-electron chi connectivity index (χ2n) is 3.83. The average molecular weight is 175 g/mol. The monoisotopic (exact) mass is 175 g/mol. The van der Waals surface area contributed by atoms with Crippen LogP contribution >= 0.6 is 0 Å². The van der Waals surface area contributed by atoms with Crippen molar-refractivity contribution in [2.24, 2.45) is 0 Å². The first-order valence-electron chi connectivity index (χ1n) is 4.82. The number of hydrogen-bond donors (Lipinski definition) is 0. The third-order valence-electron chi connectivity index (χ3n) is 2.99. The zero-order valence-electron chi connectivity index (χ0n) is 7.52. The van der Waals surface area contributed by atoms with E-state index in [0.29, 0.717) is 0 Å². The molecular weight excluding hydrogens is 162 g/mol. The number of benzene rings is 1. The molecule has 0 N–H and O–H groups in total. The Morgan fingerprint density at radius 1 is 1.15 bits per heavy atom. The molecule has 0 spiro atoms. The van der Waals surface area contributed by atoms with Gasteiger partial charge in [-0.05, 0) is 5.56 Å². The van der Waals surface area contributed by atoms with Gasteiger partial charge >= 0.3 is 0 Å². The lowest BCUT2D eigenvalue weighted by molar-refractivity contribution is 0.135. The van der Waals surface area contributed by atoms with Gasteiger partial charge in [0, 0.05) is 6.54 Å². The van der Waals surface area contributed by atoms with Crippen LogP contribution in [0.15, 0.2) is 30.3 Å². The first-order valence-corrected chi connectivity index (χ1v) is 4.82. The Bertz CT molecular complexity index is 288. The first kappa shape index (κ1) is 7.54. The molecule has 68 valence electrons. The van der Waals surface area contributed by atoms with Crippen molar-refractivity contribution in [3.63, 3.8) is 0 Å². The van der Waals surface area contributed by atoms with Gasteiger partial charge in [-0.1, -0.05) is 30.3 Å². The summed E-state index contributed by atoms with van der Waals surface area (Å²) in [5.74, 6) is 0. The quantitative estimate of drug-likeness (QED) is 0.627. The fraction of sp³-hybridized carbons (Fsp3) is 0.455. The van der Waals surface area contributed by atoms with Crippen LogP contribution in [0.2, 0.25) is 0 Å². The predicted molar refractivity (Wildman–Crippen MR) is 50.4 cm³/mol. The maximum absolute atomic E-state index is 5.33. The molecule has 0 aliphatic carbocycles. The van der Waals surface area contributed by atoms with Crippen molar-refractivity contribution < 1.29 is 4.74 Å². The van der Waals surface area contributed by atoms with Crippen LogP contribution in [0.25, 0.3) is 0 Å². The Morgan fingerprint density at radius 3 is 2.54 bits per heavy atom. The molecule has 2 heteroatoms. The minimum absolute atomic E-state index is 0.722. The predicted octanol–water partition coefficient (Wildman–Crippen LogP) is 1.27. The molecule has 0 amide bonds.